The third-order valence-electron chi connectivity index (χ3n) is 0.680. The van der Waals surface area contributed by atoms with Gasteiger partial charge in [0.25, 0.3) is 0 Å². The summed E-state index contributed by atoms with van der Waals surface area (Å²) >= 11 is 0. The molecule has 0 bridgehead atoms. The summed E-state index contributed by atoms with van der Waals surface area (Å²) < 4.78 is 0. The summed E-state index contributed by atoms with van der Waals surface area (Å²) in [6, 6.07) is 0. The van der Waals surface area contributed by atoms with E-state index in [1.54, 1.807) is 6.34 Å². The van der Waals surface area contributed by atoms with Crippen LogP contribution < -0.4 is 0 Å². The van der Waals surface area contributed by atoms with Crippen LogP contribution in [0.4, 0.5) is 0 Å². The van der Waals surface area contributed by atoms with E-state index in [0.29, 0.717) is 0 Å². The Kier molecular flexibility index (Phi) is 2.88. The fraction of sp³-hybridized carbons (Fsp3) is 0.500. The van der Waals surface area contributed by atoms with Crippen LogP contribution in [0.2, 0.25) is 0 Å². The summed E-state index contributed by atoms with van der Waals surface area (Å²) in [6.45, 7) is 2.77. The number of aliphatic imine (C=N–C) groups is 2. The molecule has 1 heterocycles. The zero-order chi connectivity index (χ0) is 4.41. The van der Waals surface area contributed by atoms with Crippen molar-refractivity contribution in [1.82, 2.24) is 0 Å². The van der Waals surface area contributed by atoms with E-state index in [0.717, 1.165) is 12.3 Å². The molecule has 0 aliphatic carbocycles. The van der Waals surface area contributed by atoms with Crippen LogP contribution >= 0.6 is 0 Å². The standard InChI is InChI=1S/C4H6N2.Cu/c1-4-2-5-3-6-4;/h3H,2H2,1H3;. The largest absolute Gasteiger partial charge is 0.267 e. The minimum atomic E-state index is 0. The van der Waals surface area contributed by atoms with Crippen molar-refractivity contribution in [2.45, 2.75) is 6.92 Å². The van der Waals surface area contributed by atoms with Crippen molar-refractivity contribution in [3.8, 4) is 0 Å². The Labute approximate surface area is 53.2 Å². The molecule has 0 N–H and O–H groups in total. The Bertz CT molecular complexity index is 106. The van der Waals surface area contributed by atoms with Gasteiger partial charge in [-0.05, 0) is 6.92 Å². The van der Waals surface area contributed by atoms with Gasteiger partial charge < -0.3 is 0 Å². The normalized spacial score (nSPS) is 15.9. The number of hydrogen-bond donors (Lipinski definition) is 0. The van der Waals surface area contributed by atoms with Gasteiger partial charge in [-0.25, -0.2) is 4.99 Å². The molecule has 1 rings (SSSR count). The number of hydrogen-bond acceptors (Lipinski definition) is 2. The zero-order valence-corrected chi connectivity index (χ0v) is 4.92. The first-order valence-corrected chi connectivity index (χ1v) is 1.91. The monoisotopic (exact) mass is 145 g/mol. The molecule has 0 aromatic heterocycles. The second-order valence-corrected chi connectivity index (χ2v) is 1.32. The molecule has 0 saturated heterocycles. The smallest absolute Gasteiger partial charge is 0.110 e. The molecular formula is C4H6CuN2. The Morgan fingerprint density at radius 2 is 2.43 bits per heavy atom. The average Bonchev–Trinajstić information content (AvgIpc) is 1.86. The molecule has 43 valence electrons. The molecule has 0 amide bonds. The molecule has 0 fully saturated rings. The van der Waals surface area contributed by atoms with Gasteiger partial charge in [0.05, 0.1) is 6.54 Å². The summed E-state index contributed by atoms with van der Waals surface area (Å²) in [5, 5.41) is 0. The van der Waals surface area contributed by atoms with Gasteiger partial charge >= 0.3 is 0 Å². The van der Waals surface area contributed by atoms with Crippen molar-refractivity contribution in [2.24, 2.45) is 9.98 Å². The van der Waals surface area contributed by atoms with Gasteiger partial charge in [0.1, 0.15) is 6.34 Å². The van der Waals surface area contributed by atoms with Crippen LogP contribution in [0.15, 0.2) is 9.98 Å². The molecular weight excluding hydrogens is 140 g/mol. The molecule has 0 aromatic rings. The molecule has 1 aliphatic rings. The number of nitrogens with zero attached hydrogens (tertiary/aromatic N) is 2. The van der Waals surface area contributed by atoms with Gasteiger partial charge in [0, 0.05) is 22.8 Å². The Balaban J connectivity index is 0.000000360. The Hall–Kier alpha value is -0.141. The van der Waals surface area contributed by atoms with E-state index in [1.165, 1.54) is 0 Å². The van der Waals surface area contributed by atoms with Crippen LogP contribution in [-0.4, -0.2) is 18.6 Å². The summed E-state index contributed by atoms with van der Waals surface area (Å²) in [5.41, 5.74) is 1.11. The van der Waals surface area contributed by atoms with E-state index in [9.17, 15) is 0 Å². The molecule has 0 atom stereocenters. The van der Waals surface area contributed by atoms with Crippen LogP contribution in [0.1, 0.15) is 6.92 Å². The molecule has 2 nitrogen and oxygen atoms in total. The topological polar surface area (TPSA) is 24.7 Å². The van der Waals surface area contributed by atoms with Crippen LogP contribution in [0.3, 0.4) is 0 Å². The zero-order valence-electron chi connectivity index (χ0n) is 3.98. The molecule has 7 heavy (non-hydrogen) atoms. The van der Waals surface area contributed by atoms with Gasteiger partial charge in [-0.2, -0.15) is 0 Å². The fourth-order valence-corrected chi connectivity index (χ4v) is 0.353. The average molecular weight is 146 g/mol. The predicted octanol–water partition coefficient (Wildman–Crippen LogP) is 0.487. The van der Waals surface area contributed by atoms with Gasteiger partial charge in [-0.1, -0.05) is 0 Å². The van der Waals surface area contributed by atoms with E-state index in [4.69, 9.17) is 0 Å². The molecule has 0 spiro atoms. The van der Waals surface area contributed by atoms with Gasteiger partial charge in [-0.3, -0.25) is 4.99 Å². The van der Waals surface area contributed by atoms with E-state index in [1.807, 2.05) is 6.92 Å². The van der Waals surface area contributed by atoms with E-state index in [2.05, 4.69) is 9.98 Å². The van der Waals surface area contributed by atoms with E-state index in [-0.39, 0.29) is 17.1 Å². The summed E-state index contributed by atoms with van der Waals surface area (Å²) in [5.74, 6) is 0. The first kappa shape index (κ1) is 6.86. The second-order valence-electron chi connectivity index (χ2n) is 1.32. The fourth-order valence-electron chi connectivity index (χ4n) is 0.353. The van der Waals surface area contributed by atoms with Crippen LogP contribution in [0.5, 0.6) is 0 Å². The first-order chi connectivity index (χ1) is 2.89. The first-order valence-electron chi connectivity index (χ1n) is 1.91. The Morgan fingerprint density at radius 3 is 2.57 bits per heavy atom. The van der Waals surface area contributed by atoms with Crippen molar-refractivity contribution in [3.63, 3.8) is 0 Å². The maximum atomic E-state index is 3.86. The second kappa shape index (κ2) is 2.94. The molecule has 0 unspecified atom stereocenters. The van der Waals surface area contributed by atoms with Crippen molar-refractivity contribution in [3.05, 3.63) is 0 Å². The van der Waals surface area contributed by atoms with Crippen LogP contribution in [0.25, 0.3) is 0 Å². The van der Waals surface area contributed by atoms with E-state index < -0.39 is 0 Å². The molecule has 0 aromatic carbocycles. The van der Waals surface area contributed by atoms with Gasteiger partial charge in [0.15, 0.2) is 0 Å². The minimum absolute atomic E-state index is 0. The maximum Gasteiger partial charge on any atom is 0.110 e. The Morgan fingerprint density at radius 1 is 1.71 bits per heavy atom. The molecule has 1 radical (unpaired) electrons. The third-order valence-corrected chi connectivity index (χ3v) is 0.680. The van der Waals surface area contributed by atoms with Gasteiger partial charge in [0.2, 0.25) is 0 Å². The van der Waals surface area contributed by atoms with Gasteiger partial charge in [-0.15, -0.1) is 0 Å². The summed E-state index contributed by atoms with van der Waals surface area (Å²) in [6.07, 6.45) is 1.59. The minimum Gasteiger partial charge on any atom is -0.267 e. The third kappa shape index (κ3) is 1.85. The number of rotatable bonds is 0. The molecule has 3 heteroatoms. The van der Waals surface area contributed by atoms with E-state index >= 15 is 0 Å². The predicted molar refractivity (Wildman–Crippen MR) is 26.5 cm³/mol. The van der Waals surface area contributed by atoms with Crippen LogP contribution in [0, 0.1) is 0 Å². The van der Waals surface area contributed by atoms with Crippen molar-refractivity contribution in [1.29, 1.82) is 0 Å². The quantitative estimate of drug-likeness (QED) is 0.444. The van der Waals surface area contributed by atoms with Crippen molar-refractivity contribution < 1.29 is 17.1 Å². The SMILES string of the molecule is CC1=NC=NC1.[Cu]. The van der Waals surface area contributed by atoms with Crippen molar-refractivity contribution >= 4 is 12.1 Å². The summed E-state index contributed by atoms with van der Waals surface area (Å²) in [4.78, 5) is 7.70. The van der Waals surface area contributed by atoms with Crippen LogP contribution in [-0.2, 0) is 17.1 Å². The summed E-state index contributed by atoms with van der Waals surface area (Å²) in [7, 11) is 0. The molecule has 1 aliphatic heterocycles. The molecule has 0 saturated carbocycles. The van der Waals surface area contributed by atoms with Crippen molar-refractivity contribution in [2.75, 3.05) is 6.54 Å². The maximum absolute atomic E-state index is 3.86.